The molecule has 4 aromatic rings. The van der Waals surface area contributed by atoms with Crippen molar-refractivity contribution in [2.24, 2.45) is 5.10 Å². The molecule has 0 unspecified atom stereocenters. The molecule has 0 aliphatic rings. The molecule has 0 aliphatic heterocycles. The van der Waals surface area contributed by atoms with Crippen molar-refractivity contribution in [2.75, 3.05) is 0 Å². The zero-order valence-electron chi connectivity index (χ0n) is 20.1. The van der Waals surface area contributed by atoms with Gasteiger partial charge in [0.15, 0.2) is 0 Å². The van der Waals surface area contributed by atoms with Crippen LogP contribution in [0.15, 0.2) is 102 Å². The molecule has 6 heteroatoms. The monoisotopic (exact) mass is 478 g/mol. The third kappa shape index (κ3) is 6.90. The van der Waals surface area contributed by atoms with Crippen LogP contribution in [0.5, 0.6) is 11.5 Å². The number of hydrazone groups is 1. The van der Waals surface area contributed by atoms with Gasteiger partial charge in [-0.05, 0) is 85.6 Å². The van der Waals surface area contributed by atoms with Crippen molar-refractivity contribution in [1.82, 2.24) is 5.43 Å². The Bertz CT molecular complexity index is 1360. The van der Waals surface area contributed by atoms with Gasteiger partial charge in [-0.15, -0.1) is 0 Å². The quantitative estimate of drug-likeness (QED) is 0.149. The van der Waals surface area contributed by atoms with Gasteiger partial charge in [-0.25, -0.2) is 10.2 Å². The lowest BCUT2D eigenvalue weighted by atomic mass is 10.1. The van der Waals surface area contributed by atoms with E-state index in [1.165, 1.54) is 11.8 Å². The van der Waals surface area contributed by atoms with Crippen molar-refractivity contribution in [1.29, 1.82) is 0 Å². The van der Waals surface area contributed by atoms with Crippen LogP contribution < -0.4 is 14.9 Å². The fraction of sp³-hybridized carbons (Fsp3) is 0.100. The van der Waals surface area contributed by atoms with Gasteiger partial charge in [0.2, 0.25) is 0 Å². The molecule has 0 atom stereocenters. The zero-order chi connectivity index (χ0) is 25.3. The number of carbonyl (C=O) groups is 2. The Labute approximate surface area is 210 Å². The maximum absolute atomic E-state index is 12.4. The predicted molar refractivity (Wildman–Crippen MR) is 140 cm³/mol. The second-order valence-electron chi connectivity index (χ2n) is 8.33. The van der Waals surface area contributed by atoms with Gasteiger partial charge >= 0.3 is 5.97 Å². The molecular formula is C30H26N2O4. The van der Waals surface area contributed by atoms with Crippen molar-refractivity contribution in [3.8, 4) is 11.5 Å². The fourth-order valence-electron chi connectivity index (χ4n) is 3.34. The Hall–Kier alpha value is -4.71. The number of rotatable bonds is 8. The van der Waals surface area contributed by atoms with Gasteiger partial charge in [0.05, 0.1) is 11.8 Å². The molecule has 180 valence electrons. The number of aryl methyl sites for hydroxylation is 2. The van der Waals surface area contributed by atoms with E-state index < -0.39 is 5.97 Å². The Morgan fingerprint density at radius 2 is 1.47 bits per heavy atom. The highest BCUT2D eigenvalue weighted by atomic mass is 16.5. The number of hydrogen-bond donors (Lipinski definition) is 1. The Morgan fingerprint density at radius 1 is 0.778 bits per heavy atom. The number of ether oxygens (including phenoxy) is 2. The van der Waals surface area contributed by atoms with Gasteiger partial charge in [0.25, 0.3) is 5.91 Å². The molecule has 0 aliphatic carbocycles. The molecule has 0 spiro atoms. The SMILES string of the molecule is Cc1ccc(COc2ccc(C(=O)N/N=C\c3ccc(OC(=O)c4cccc(C)c4)cc3)cc2)cc1. The summed E-state index contributed by atoms with van der Waals surface area (Å²) >= 11 is 0. The summed E-state index contributed by atoms with van der Waals surface area (Å²) in [4.78, 5) is 24.6. The lowest BCUT2D eigenvalue weighted by Crippen LogP contribution is -2.17. The summed E-state index contributed by atoms with van der Waals surface area (Å²) in [5.74, 6) is 0.352. The van der Waals surface area contributed by atoms with Crippen molar-refractivity contribution >= 4 is 18.1 Å². The summed E-state index contributed by atoms with van der Waals surface area (Å²) in [5.41, 5.74) is 7.48. The van der Waals surface area contributed by atoms with Crippen LogP contribution in [0, 0.1) is 13.8 Å². The molecular weight excluding hydrogens is 452 g/mol. The number of carbonyl (C=O) groups excluding carboxylic acids is 2. The number of esters is 1. The lowest BCUT2D eigenvalue weighted by molar-refractivity contribution is 0.0734. The predicted octanol–water partition coefficient (Wildman–Crippen LogP) is 5.87. The van der Waals surface area contributed by atoms with Crippen LogP contribution in [0.1, 0.15) is 43.0 Å². The van der Waals surface area contributed by atoms with E-state index in [9.17, 15) is 9.59 Å². The largest absolute Gasteiger partial charge is 0.489 e. The number of nitrogens with zero attached hydrogens (tertiary/aromatic N) is 1. The molecule has 4 rings (SSSR count). The number of amides is 1. The van der Waals surface area contributed by atoms with Gasteiger partial charge in [0.1, 0.15) is 18.1 Å². The van der Waals surface area contributed by atoms with Crippen LogP contribution in [0.25, 0.3) is 0 Å². The summed E-state index contributed by atoms with van der Waals surface area (Å²) in [7, 11) is 0. The van der Waals surface area contributed by atoms with Crippen LogP contribution >= 0.6 is 0 Å². The van der Waals surface area contributed by atoms with Gasteiger partial charge < -0.3 is 9.47 Å². The van der Waals surface area contributed by atoms with E-state index in [1.807, 2.05) is 50.2 Å². The first kappa shape index (κ1) is 24.4. The Kier molecular flexibility index (Phi) is 7.88. The standard InChI is InChI=1S/C30H26N2O4/c1-21-6-8-24(9-7-21)20-35-27-16-12-25(13-17-27)29(33)32-31-19-23-10-14-28(15-11-23)36-30(34)26-5-3-4-22(2)18-26/h3-19H,20H2,1-2H3,(H,32,33)/b31-19-. The zero-order valence-corrected chi connectivity index (χ0v) is 20.1. The highest BCUT2D eigenvalue weighted by Gasteiger charge is 2.08. The van der Waals surface area contributed by atoms with E-state index in [0.717, 1.165) is 16.7 Å². The Morgan fingerprint density at radius 3 is 2.17 bits per heavy atom. The third-order valence-electron chi connectivity index (χ3n) is 5.37. The summed E-state index contributed by atoms with van der Waals surface area (Å²) < 4.78 is 11.2. The fourth-order valence-corrected chi connectivity index (χ4v) is 3.34. The van der Waals surface area contributed by atoms with Crippen LogP contribution in [-0.4, -0.2) is 18.1 Å². The number of hydrogen-bond acceptors (Lipinski definition) is 5. The number of benzene rings is 4. The van der Waals surface area contributed by atoms with E-state index in [-0.39, 0.29) is 5.91 Å². The molecule has 1 amide bonds. The first-order valence-electron chi connectivity index (χ1n) is 11.5. The summed E-state index contributed by atoms with van der Waals surface area (Å²) in [6.07, 6.45) is 1.52. The van der Waals surface area contributed by atoms with Gasteiger partial charge in [-0.2, -0.15) is 5.10 Å². The summed E-state index contributed by atoms with van der Waals surface area (Å²) in [5, 5.41) is 4.01. The van der Waals surface area contributed by atoms with Crippen LogP contribution in [0.4, 0.5) is 0 Å². The second-order valence-corrected chi connectivity index (χ2v) is 8.33. The molecule has 0 aromatic heterocycles. The highest BCUT2D eigenvalue weighted by Crippen LogP contribution is 2.16. The maximum atomic E-state index is 12.4. The molecule has 0 fully saturated rings. The molecule has 0 saturated carbocycles. The molecule has 0 saturated heterocycles. The van der Waals surface area contributed by atoms with Crippen LogP contribution in [-0.2, 0) is 6.61 Å². The van der Waals surface area contributed by atoms with Gasteiger partial charge in [-0.3, -0.25) is 4.79 Å². The van der Waals surface area contributed by atoms with E-state index in [2.05, 4.69) is 10.5 Å². The van der Waals surface area contributed by atoms with E-state index >= 15 is 0 Å². The minimum Gasteiger partial charge on any atom is -0.489 e. The van der Waals surface area contributed by atoms with E-state index in [1.54, 1.807) is 60.7 Å². The van der Waals surface area contributed by atoms with Crippen LogP contribution in [0.3, 0.4) is 0 Å². The van der Waals surface area contributed by atoms with E-state index in [0.29, 0.717) is 29.2 Å². The summed E-state index contributed by atoms with van der Waals surface area (Å²) in [6, 6.07) is 29.1. The first-order chi connectivity index (χ1) is 17.5. The smallest absolute Gasteiger partial charge is 0.343 e. The first-order valence-corrected chi connectivity index (χ1v) is 11.5. The molecule has 36 heavy (non-hydrogen) atoms. The highest BCUT2D eigenvalue weighted by molar-refractivity contribution is 5.95. The average Bonchev–Trinajstić information content (AvgIpc) is 2.89. The lowest BCUT2D eigenvalue weighted by Gasteiger charge is -2.07. The van der Waals surface area contributed by atoms with Gasteiger partial charge in [0, 0.05) is 5.56 Å². The maximum Gasteiger partial charge on any atom is 0.343 e. The van der Waals surface area contributed by atoms with Crippen LogP contribution in [0.2, 0.25) is 0 Å². The average molecular weight is 479 g/mol. The summed E-state index contributed by atoms with van der Waals surface area (Å²) in [6.45, 7) is 4.42. The second kappa shape index (κ2) is 11.6. The Balaban J connectivity index is 1.25. The van der Waals surface area contributed by atoms with Gasteiger partial charge in [-0.1, -0.05) is 47.5 Å². The molecule has 0 bridgehead atoms. The van der Waals surface area contributed by atoms with E-state index in [4.69, 9.17) is 9.47 Å². The molecule has 0 radical (unpaired) electrons. The molecule has 4 aromatic carbocycles. The molecule has 0 heterocycles. The van der Waals surface area contributed by atoms with Crippen molar-refractivity contribution in [2.45, 2.75) is 20.5 Å². The third-order valence-corrected chi connectivity index (χ3v) is 5.37. The topological polar surface area (TPSA) is 77.0 Å². The van der Waals surface area contributed by atoms with Crippen molar-refractivity contribution < 1.29 is 19.1 Å². The van der Waals surface area contributed by atoms with Crippen molar-refractivity contribution in [3.05, 3.63) is 130 Å². The minimum absolute atomic E-state index is 0.333. The molecule has 6 nitrogen and oxygen atoms in total. The normalized spacial score (nSPS) is 10.7. The number of nitrogens with one attached hydrogen (secondary N) is 1. The van der Waals surface area contributed by atoms with Crippen molar-refractivity contribution in [3.63, 3.8) is 0 Å². The minimum atomic E-state index is -0.418. The molecule has 1 N–H and O–H groups in total.